The van der Waals surface area contributed by atoms with Crippen molar-refractivity contribution in [2.45, 2.75) is 25.8 Å². The molecule has 18 heavy (non-hydrogen) atoms. The third kappa shape index (κ3) is 3.10. The van der Waals surface area contributed by atoms with Gasteiger partial charge in [-0.05, 0) is 19.4 Å². The van der Waals surface area contributed by atoms with Crippen LogP contribution in [0.15, 0.2) is 18.2 Å². The van der Waals surface area contributed by atoms with Crippen LogP contribution in [0.4, 0.5) is 11.4 Å². The molecule has 0 spiro atoms. The molecule has 0 amide bonds. The van der Waals surface area contributed by atoms with Crippen molar-refractivity contribution in [2.24, 2.45) is 0 Å². The summed E-state index contributed by atoms with van der Waals surface area (Å²) in [5.74, 6) is 0.527. The van der Waals surface area contributed by atoms with Crippen molar-refractivity contribution in [1.82, 2.24) is 0 Å². The van der Waals surface area contributed by atoms with Gasteiger partial charge in [0.05, 0.1) is 24.2 Å². The zero-order valence-corrected chi connectivity index (χ0v) is 10.8. The highest BCUT2D eigenvalue weighted by Gasteiger charge is 2.25. The number of benzene rings is 1. The molecular formula is C12H18N2O4. The minimum atomic E-state index is -0.600. The number of anilines is 1. The lowest BCUT2D eigenvalue weighted by Gasteiger charge is -2.28. The van der Waals surface area contributed by atoms with Crippen LogP contribution in [0.1, 0.15) is 20.3 Å². The molecule has 100 valence electrons. The van der Waals surface area contributed by atoms with Gasteiger partial charge >= 0.3 is 0 Å². The molecule has 0 aliphatic rings. The van der Waals surface area contributed by atoms with Gasteiger partial charge in [-0.1, -0.05) is 6.92 Å². The number of nitrogens with zero attached hydrogens (tertiary/aromatic N) is 1. The molecule has 6 heteroatoms. The van der Waals surface area contributed by atoms with Gasteiger partial charge in [0.25, 0.3) is 5.69 Å². The van der Waals surface area contributed by atoms with Gasteiger partial charge < -0.3 is 15.2 Å². The van der Waals surface area contributed by atoms with Gasteiger partial charge in [0.15, 0.2) is 0 Å². The average molecular weight is 254 g/mol. The highest BCUT2D eigenvalue weighted by Crippen LogP contribution is 2.31. The molecule has 0 aromatic heterocycles. The molecule has 0 saturated heterocycles. The minimum Gasteiger partial charge on any atom is -0.497 e. The number of aliphatic hydroxyl groups is 1. The molecule has 1 rings (SSSR count). The average Bonchev–Trinajstić information content (AvgIpc) is 2.38. The number of nitro benzene ring substituents is 1. The zero-order chi connectivity index (χ0) is 13.8. The second-order valence-electron chi connectivity index (χ2n) is 4.34. The summed E-state index contributed by atoms with van der Waals surface area (Å²) in [5.41, 5.74) is -0.293. The first-order valence-electron chi connectivity index (χ1n) is 5.67. The first-order chi connectivity index (χ1) is 8.45. The maximum absolute atomic E-state index is 10.9. The molecular weight excluding hydrogens is 236 g/mol. The molecule has 0 aliphatic carbocycles. The van der Waals surface area contributed by atoms with Crippen molar-refractivity contribution in [3.63, 3.8) is 0 Å². The second-order valence-corrected chi connectivity index (χ2v) is 4.34. The molecule has 0 aliphatic heterocycles. The normalized spacial score (nSPS) is 13.8. The number of nitrogens with one attached hydrogen (secondary N) is 1. The summed E-state index contributed by atoms with van der Waals surface area (Å²) in [6.45, 7) is 3.59. The second kappa shape index (κ2) is 5.68. The first kappa shape index (κ1) is 14.2. The lowest BCUT2D eigenvalue weighted by Crippen LogP contribution is -2.38. The van der Waals surface area contributed by atoms with Crippen LogP contribution in [-0.4, -0.2) is 29.3 Å². The van der Waals surface area contributed by atoms with Crippen molar-refractivity contribution in [1.29, 1.82) is 0 Å². The lowest BCUT2D eigenvalue weighted by atomic mass is 9.99. The predicted octanol–water partition coefficient (Wildman–Crippen LogP) is 2.18. The maximum Gasteiger partial charge on any atom is 0.292 e. The summed E-state index contributed by atoms with van der Waals surface area (Å²) in [7, 11) is 1.50. The standard InChI is InChI=1S/C12H18N2O4/c1-4-12(2,8-15)13-10-7-9(18-3)5-6-11(10)14(16)17/h5-7,13,15H,4,8H2,1-3H3. The Labute approximate surface area is 106 Å². The number of ether oxygens (including phenoxy) is 1. The molecule has 6 nitrogen and oxygen atoms in total. The van der Waals surface area contributed by atoms with Gasteiger partial charge in [0, 0.05) is 12.1 Å². The lowest BCUT2D eigenvalue weighted by molar-refractivity contribution is -0.384. The molecule has 1 aromatic carbocycles. The van der Waals surface area contributed by atoms with Crippen molar-refractivity contribution in [3.05, 3.63) is 28.3 Å². The van der Waals surface area contributed by atoms with Crippen molar-refractivity contribution < 1.29 is 14.8 Å². The summed E-state index contributed by atoms with van der Waals surface area (Å²) in [6, 6.07) is 4.47. The smallest absolute Gasteiger partial charge is 0.292 e. The Bertz CT molecular complexity index is 430. The Morgan fingerprint density at radius 3 is 2.67 bits per heavy atom. The van der Waals surface area contributed by atoms with Gasteiger partial charge in [-0.25, -0.2) is 0 Å². The molecule has 1 atom stereocenters. The number of nitro groups is 1. The third-order valence-electron chi connectivity index (χ3n) is 2.97. The van der Waals surface area contributed by atoms with Crippen LogP contribution >= 0.6 is 0 Å². The van der Waals surface area contributed by atoms with E-state index in [1.165, 1.54) is 19.2 Å². The van der Waals surface area contributed by atoms with Crippen LogP contribution in [0.2, 0.25) is 0 Å². The van der Waals surface area contributed by atoms with E-state index in [4.69, 9.17) is 4.74 Å². The summed E-state index contributed by atoms with van der Waals surface area (Å²) >= 11 is 0. The SMILES string of the molecule is CCC(C)(CO)Nc1cc(OC)ccc1[N+](=O)[O-]. The van der Waals surface area contributed by atoms with E-state index in [9.17, 15) is 15.2 Å². The molecule has 0 fully saturated rings. The Balaban J connectivity index is 3.15. The summed E-state index contributed by atoms with van der Waals surface area (Å²) in [5, 5.41) is 23.3. The molecule has 0 heterocycles. The monoisotopic (exact) mass is 254 g/mol. The summed E-state index contributed by atoms with van der Waals surface area (Å²) in [4.78, 5) is 10.5. The van der Waals surface area contributed by atoms with Crippen LogP contribution in [0.25, 0.3) is 0 Å². The highest BCUT2D eigenvalue weighted by atomic mass is 16.6. The number of methoxy groups -OCH3 is 1. The van der Waals surface area contributed by atoms with Crippen molar-refractivity contribution in [2.75, 3.05) is 19.0 Å². The molecule has 0 radical (unpaired) electrons. The fraction of sp³-hybridized carbons (Fsp3) is 0.500. The van der Waals surface area contributed by atoms with Crippen LogP contribution in [0.5, 0.6) is 5.75 Å². The number of hydrogen-bond donors (Lipinski definition) is 2. The zero-order valence-electron chi connectivity index (χ0n) is 10.8. The number of rotatable bonds is 6. The van der Waals surface area contributed by atoms with Crippen LogP contribution in [0, 0.1) is 10.1 Å². The van der Waals surface area contributed by atoms with E-state index in [1.807, 2.05) is 6.92 Å². The molecule has 1 aromatic rings. The largest absolute Gasteiger partial charge is 0.497 e. The number of aliphatic hydroxyl groups excluding tert-OH is 1. The quantitative estimate of drug-likeness (QED) is 0.600. The Morgan fingerprint density at radius 2 is 2.22 bits per heavy atom. The third-order valence-corrected chi connectivity index (χ3v) is 2.97. The van der Waals surface area contributed by atoms with Gasteiger partial charge in [-0.3, -0.25) is 10.1 Å². The molecule has 1 unspecified atom stereocenters. The summed E-state index contributed by atoms with van der Waals surface area (Å²) in [6.07, 6.45) is 0.637. The van der Waals surface area contributed by atoms with E-state index in [0.717, 1.165) is 0 Å². The minimum absolute atomic E-state index is 0.0380. The highest BCUT2D eigenvalue weighted by molar-refractivity contribution is 5.65. The van der Waals surface area contributed by atoms with E-state index >= 15 is 0 Å². The van der Waals surface area contributed by atoms with Crippen LogP contribution in [-0.2, 0) is 0 Å². The number of hydrogen-bond acceptors (Lipinski definition) is 5. The molecule has 0 saturated carbocycles. The van der Waals surface area contributed by atoms with Gasteiger partial charge in [-0.15, -0.1) is 0 Å². The maximum atomic E-state index is 10.9. The predicted molar refractivity (Wildman–Crippen MR) is 69.1 cm³/mol. The van der Waals surface area contributed by atoms with Gasteiger partial charge in [-0.2, -0.15) is 0 Å². The van der Waals surface area contributed by atoms with Crippen molar-refractivity contribution >= 4 is 11.4 Å². The summed E-state index contributed by atoms with van der Waals surface area (Å²) < 4.78 is 5.05. The van der Waals surface area contributed by atoms with E-state index in [0.29, 0.717) is 17.9 Å². The Morgan fingerprint density at radius 1 is 1.56 bits per heavy atom. The molecule has 2 N–H and O–H groups in total. The van der Waals surface area contributed by atoms with Crippen LogP contribution in [0.3, 0.4) is 0 Å². The van der Waals surface area contributed by atoms with E-state index in [2.05, 4.69) is 5.32 Å². The first-order valence-corrected chi connectivity index (χ1v) is 5.67. The fourth-order valence-corrected chi connectivity index (χ4v) is 1.47. The van der Waals surface area contributed by atoms with E-state index in [-0.39, 0.29) is 12.3 Å². The fourth-order valence-electron chi connectivity index (χ4n) is 1.47. The Hall–Kier alpha value is -1.82. The topological polar surface area (TPSA) is 84.6 Å². The van der Waals surface area contributed by atoms with E-state index < -0.39 is 10.5 Å². The van der Waals surface area contributed by atoms with Crippen molar-refractivity contribution in [3.8, 4) is 5.75 Å². The molecule has 0 bridgehead atoms. The Kier molecular flexibility index (Phi) is 4.49. The van der Waals surface area contributed by atoms with E-state index in [1.54, 1.807) is 13.0 Å². The van der Waals surface area contributed by atoms with Gasteiger partial charge in [0.1, 0.15) is 11.4 Å². The van der Waals surface area contributed by atoms with Gasteiger partial charge in [0.2, 0.25) is 0 Å². The van der Waals surface area contributed by atoms with Crippen LogP contribution < -0.4 is 10.1 Å².